The Hall–Kier alpha value is -0.610. The van der Waals surface area contributed by atoms with Gasteiger partial charge in [-0.2, -0.15) is 0 Å². The van der Waals surface area contributed by atoms with Gasteiger partial charge < -0.3 is 9.38 Å². The van der Waals surface area contributed by atoms with Gasteiger partial charge in [-0.3, -0.25) is 9.69 Å². The molecule has 1 aliphatic heterocycles. The monoisotopic (exact) mass is 214 g/mol. The normalized spacial score (nSPS) is 22.5. The third-order valence-corrected chi connectivity index (χ3v) is 3.19. The van der Waals surface area contributed by atoms with Crippen molar-refractivity contribution in [2.45, 2.75) is 19.4 Å². The molecule has 1 fully saturated rings. The Kier molecular flexibility index (Phi) is 3.12. The first-order valence-corrected chi connectivity index (χ1v) is 5.46. The van der Waals surface area contributed by atoms with Gasteiger partial charge in [-0.1, -0.05) is 0 Å². The highest BCUT2D eigenvalue weighted by atomic mass is 16.2. The van der Waals surface area contributed by atoms with E-state index in [4.69, 9.17) is 0 Å². The molecule has 0 aromatic rings. The summed E-state index contributed by atoms with van der Waals surface area (Å²) in [6.07, 6.45) is 0. The van der Waals surface area contributed by atoms with Gasteiger partial charge in [0.2, 0.25) is 5.91 Å². The second-order valence-corrected chi connectivity index (χ2v) is 5.98. The maximum absolute atomic E-state index is 12.0. The lowest BCUT2D eigenvalue weighted by atomic mass is 10.1. The van der Waals surface area contributed by atoms with E-state index in [2.05, 4.69) is 26.0 Å². The fraction of sp³-hybridized carbons (Fsp3) is 0.909. The minimum Gasteiger partial charge on any atom is -0.329 e. The van der Waals surface area contributed by atoms with Gasteiger partial charge in [0.25, 0.3) is 0 Å². The fourth-order valence-corrected chi connectivity index (χ4v) is 1.64. The second kappa shape index (κ2) is 3.76. The van der Waals surface area contributed by atoms with Crippen LogP contribution >= 0.6 is 0 Å². The van der Waals surface area contributed by atoms with Crippen LogP contribution in [0.2, 0.25) is 0 Å². The topological polar surface area (TPSA) is 23.6 Å². The van der Waals surface area contributed by atoms with E-state index in [0.717, 1.165) is 24.2 Å². The number of amides is 1. The van der Waals surface area contributed by atoms with Gasteiger partial charge in [-0.15, -0.1) is 0 Å². The Bertz CT molecular complexity index is 255. The highest BCUT2D eigenvalue weighted by Gasteiger charge is 2.43. The molecule has 0 radical (unpaired) electrons. The zero-order valence-corrected chi connectivity index (χ0v) is 10.9. The molecular weight excluding hydrogens is 190 g/mol. The van der Waals surface area contributed by atoms with Gasteiger partial charge in [0, 0.05) is 0 Å². The van der Waals surface area contributed by atoms with Crippen molar-refractivity contribution in [1.29, 1.82) is 0 Å². The summed E-state index contributed by atoms with van der Waals surface area (Å²) < 4.78 is 0.897. The molecule has 4 heteroatoms. The van der Waals surface area contributed by atoms with E-state index in [1.54, 1.807) is 0 Å². The van der Waals surface area contributed by atoms with Crippen LogP contribution in [0, 0.1) is 0 Å². The van der Waals surface area contributed by atoms with Crippen molar-refractivity contribution < 1.29 is 9.28 Å². The summed E-state index contributed by atoms with van der Waals surface area (Å²) in [4.78, 5) is 16.1. The first-order chi connectivity index (χ1) is 6.64. The molecule has 1 amide bonds. The molecule has 88 valence electrons. The lowest BCUT2D eigenvalue weighted by Gasteiger charge is -2.27. The van der Waals surface area contributed by atoms with Crippen LogP contribution in [0.15, 0.2) is 0 Å². The number of hydrogen-bond donors (Lipinski definition) is 0. The van der Waals surface area contributed by atoms with Gasteiger partial charge in [0.05, 0.1) is 46.4 Å². The summed E-state index contributed by atoms with van der Waals surface area (Å²) in [6, 6.07) is 0. The number of nitrogens with zero attached hydrogens (tertiary/aromatic N) is 3. The molecule has 1 heterocycles. The van der Waals surface area contributed by atoms with Crippen LogP contribution in [0.4, 0.5) is 0 Å². The zero-order chi connectivity index (χ0) is 11.9. The first-order valence-electron chi connectivity index (χ1n) is 5.46. The van der Waals surface area contributed by atoms with Gasteiger partial charge in [0.15, 0.2) is 0 Å². The number of quaternary nitrogens is 1. The van der Waals surface area contributed by atoms with Gasteiger partial charge in [0.1, 0.15) is 0 Å². The molecule has 4 nitrogen and oxygen atoms in total. The number of likely N-dealkylation sites (N-methyl/N-ethyl adjacent to an activating group) is 2. The van der Waals surface area contributed by atoms with Crippen LogP contribution in [0.3, 0.4) is 0 Å². The maximum Gasteiger partial charge on any atom is 0.243 e. The lowest BCUT2D eigenvalue weighted by Crippen LogP contribution is -2.44. The number of carbonyl (C=O) groups is 1. The number of hydrogen-bond acceptors (Lipinski definition) is 2. The molecule has 0 spiro atoms. The van der Waals surface area contributed by atoms with E-state index in [9.17, 15) is 4.79 Å². The van der Waals surface area contributed by atoms with Crippen molar-refractivity contribution in [2.75, 3.05) is 47.9 Å². The second-order valence-electron chi connectivity index (χ2n) is 5.98. The maximum atomic E-state index is 12.0. The molecule has 0 atom stereocenters. The van der Waals surface area contributed by atoms with Crippen molar-refractivity contribution in [2.24, 2.45) is 0 Å². The molecular formula is C11H24N3O+. The van der Waals surface area contributed by atoms with Crippen molar-refractivity contribution in [3.05, 3.63) is 0 Å². The smallest absolute Gasteiger partial charge is 0.243 e. The summed E-state index contributed by atoms with van der Waals surface area (Å²) in [7, 11) is 8.45. The Morgan fingerprint density at radius 1 is 1.33 bits per heavy atom. The first kappa shape index (κ1) is 12.5. The average Bonchev–Trinajstić information content (AvgIpc) is 2.25. The minimum absolute atomic E-state index is 0.249. The molecule has 0 aromatic carbocycles. The molecule has 0 unspecified atom stereocenters. The molecule has 0 N–H and O–H groups in total. The van der Waals surface area contributed by atoms with Crippen LogP contribution in [0.5, 0.6) is 0 Å². The summed E-state index contributed by atoms with van der Waals surface area (Å²) in [6.45, 7) is 6.57. The van der Waals surface area contributed by atoms with E-state index in [-0.39, 0.29) is 11.4 Å². The van der Waals surface area contributed by atoms with E-state index in [0.29, 0.717) is 0 Å². The Labute approximate surface area is 93.0 Å². The number of carbonyl (C=O) groups excluding carboxylic acids is 1. The van der Waals surface area contributed by atoms with Gasteiger partial charge >= 0.3 is 0 Å². The van der Waals surface area contributed by atoms with Crippen LogP contribution in [-0.4, -0.2) is 73.7 Å². The predicted octanol–water partition coefficient (Wildman–Crippen LogP) is 0.203. The molecule has 0 aromatic heterocycles. The quantitative estimate of drug-likeness (QED) is 0.627. The van der Waals surface area contributed by atoms with Crippen LogP contribution in [0.25, 0.3) is 0 Å². The number of rotatable bonds is 3. The van der Waals surface area contributed by atoms with Gasteiger partial charge in [-0.05, 0) is 20.9 Å². The zero-order valence-electron chi connectivity index (χ0n) is 10.9. The van der Waals surface area contributed by atoms with Crippen molar-refractivity contribution in [3.8, 4) is 0 Å². The van der Waals surface area contributed by atoms with Crippen molar-refractivity contribution in [1.82, 2.24) is 9.80 Å². The Morgan fingerprint density at radius 3 is 2.20 bits per heavy atom. The summed E-state index contributed by atoms with van der Waals surface area (Å²) in [5.74, 6) is 0.249. The minimum atomic E-state index is -0.328. The molecule has 15 heavy (non-hydrogen) atoms. The Balaban J connectivity index is 2.57. The predicted molar refractivity (Wildman–Crippen MR) is 61.3 cm³/mol. The van der Waals surface area contributed by atoms with Crippen molar-refractivity contribution in [3.63, 3.8) is 0 Å². The lowest BCUT2D eigenvalue weighted by molar-refractivity contribution is -0.869. The van der Waals surface area contributed by atoms with E-state index >= 15 is 0 Å². The fourth-order valence-electron chi connectivity index (χ4n) is 1.64. The molecule has 1 saturated heterocycles. The van der Waals surface area contributed by atoms with E-state index < -0.39 is 0 Å². The highest BCUT2D eigenvalue weighted by molar-refractivity contribution is 5.87. The average molecular weight is 214 g/mol. The van der Waals surface area contributed by atoms with Crippen LogP contribution < -0.4 is 0 Å². The molecule has 0 aliphatic carbocycles. The molecule has 1 rings (SSSR count). The van der Waals surface area contributed by atoms with E-state index in [1.807, 2.05) is 25.8 Å². The third-order valence-electron chi connectivity index (χ3n) is 3.19. The third kappa shape index (κ3) is 2.69. The molecule has 1 aliphatic rings. The summed E-state index contributed by atoms with van der Waals surface area (Å²) in [5, 5.41) is 0. The summed E-state index contributed by atoms with van der Waals surface area (Å²) >= 11 is 0. The van der Waals surface area contributed by atoms with Crippen LogP contribution in [-0.2, 0) is 4.79 Å². The largest absolute Gasteiger partial charge is 0.329 e. The summed E-state index contributed by atoms with van der Waals surface area (Å²) in [5.41, 5.74) is -0.328. The molecule has 0 saturated carbocycles. The van der Waals surface area contributed by atoms with Gasteiger partial charge in [-0.25, -0.2) is 0 Å². The molecule has 0 bridgehead atoms. The van der Waals surface area contributed by atoms with E-state index in [1.165, 1.54) is 0 Å². The van der Waals surface area contributed by atoms with Crippen molar-refractivity contribution >= 4 is 5.91 Å². The Morgan fingerprint density at radius 2 is 1.87 bits per heavy atom. The SMILES string of the molecule is CN1CN(CC[N+](C)(C)C)C(=O)C1(C)C. The standard InChI is InChI=1S/C11H24N3O/c1-11(2)10(15)13(9-12(11)3)7-8-14(4,5)6/h7-9H2,1-6H3/q+1. The highest BCUT2D eigenvalue weighted by Crippen LogP contribution is 2.23. The van der Waals surface area contributed by atoms with Crippen LogP contribution in [0.1, 0.15) is 13.8 Å².